The number of hydrogen-bond donors (Lipinski definition) is 2. The van der Waals surface area contributed by atoms with E-state index in [1.165, 1.54) is 0 Å². The lowest BCUT2D eigenvalue weighted by molar-refractivity contribution is -0.140. The van der Waals surface area contributed by atoms with Crippen molar-refractivity contribution < 1.29 is 19.4 Å². The molecule has 2 rings (SSSR count). The molecule has 5 nitrogen and oxygen atoms in total. The number of amides is 1. The molecule has 19 heavy (non-hydrogen) atoms. The van der Waals surface area contributed by atoms with Crippen molar-refractivity contribution in [2.24, 2.45) is 5.92 Å². The molecule has 0 bridgehead atoms. The van der Waals surface area contributed by atoms with Crippen molar-refractivity contribution in [1.82, 2.24) is 5.32 Å². The van der Waals surface area contributed by atoms with E-state index in [-0.39, 0.29) is 12.6 Å². The van der Waals surface area contributed by atoms with Crippen molar-refractivity contribution in [2.75, 3.05) is 0 Å². The fourth-order valence-corrected chi connectivity index (χ4v) is 1.91. The van der Waals surface area contributed by atoms with Gasteiger partial charge in [-0.3, -0.25) is 4.79 Å². The van der Waals surface area contributed by atoms with Gasteiger partial charge in [0, 0.05) is 0 Å². The van der Waals surface area contributed by atoms with Crippen LogP contribution in [0.15, 0.2) is 42.5 Å². The van der Waals surface area contributed by atoms with Gasteiger partial charge < -0.3 is 15.2 Å². The van der Waals surface area contributed by atoms with E-state index < -0.39 is 18.0 Å². The van der Waals surface area contributed by atoms with Crippen LogP contribution in [0.3, 0.4) is 0 Å². The minimum absolute atomic E-state index is 0.200. The SMILES string of the molecule is O=C(N[C@@H]1C=C[C@@H](C(=O)O)C1)OCc1ccccc1. The Hall–Kier alpha value is -2.30. The van der Waals surface area contributed by atoms with E-state index in [1.807, 2.05) is 30.3 Å². The molecule has 0 spiro atoms. The molecule has 5 heteroatoms. The lowest BCUT2D eigenvalue weighted by Gasteiger charge is -2.12. The first-order valence-corrected chi connectivity index (χ1v) is 6.03. The third-order valence-corrected chi connectivity index (χ3v) is 2.92. The molecule has 2 N–H and O–H groups in total. The highest BCUT2D eigenvalue weighted by atomic mass is 16.5. The van der Waals surface area contributed by atoms with Gasteiger partial charge in [0.2, 0.25) is 0 Å². The first-order valence-electron chi connectivity index (χ1n) is 6.03. The minimum atomic E-state index is -0.877. The van der Waals surface area contributed by atoms with Gasteiger partial charge in [-0.1, -0.05) is 42.5 Å². The maximum absolute atomic E-state index is 11.5. The molecular weight excluding hydrogens is 246 g/mol. The minimum Gasteiger partial charge on any atom is -0.481 e. The summed E-state index contributed by atoms with van der Waals surface area (Å²) >= 11 is 0. The average molecular weight is 261 g/mol. The maximum Gasteiger partial charge on any atom is 0.407 e. The van der Waals surface area contributed by atoms with E-state index >= 15 is 0 Å². The monoisotopic (exact) mass is 261 g/mol. The van der Waals surface area contributed by atoms with Crippen LogP contribution in [0.4, 0.5) is 4.79 Å². The number of benzene rings is 1. The van der Waals surface area contributed by atoms with E-state index in [9.17, 15) is 9.59 Å². The van der Waals surface area contributed by atoms with Crippen LogP contribution in [0.1, 0.15) is 12.0 Å². The van der Waals surface area contributed by atoms with E-state index in [0.29, 0.717) is 6.42 Å². The van der Waals surface area contributed by atoms with Crippen LogP contribution in [0.2, 0.25) is 0 Å². The zero-order valence-electron chi connectivity index (χ0n) is 10.3. The van der Waals surface area contributed by atoms with Crippen LogP contribution in [0.25, 0.3) is 0 Å². The Morgan fingerprint density at radius 1 is 1.26 bits per heavy atom. The quantitative estimate of drug-likeness (QED) is 0.812. The van der Waals surface area contributed by atoms with Gasteiger partial charge in [-0.15, -0.1) is 0 Å². The molecule has 1 aromatic carbocycles. The van der Waals surface area contributed by atoms with E-state index in [2.05, 4.69) is 5.32 Å². The van der Waals surface area contributed by atoms with E-state index in [0.717, 1.165) is 5.56 Å². The number of ether oxygens (including phenoxy) is 1. The summed E-state index contributed by atoms with van der Waals surface area (Å²) in [6.07, 6.45) is 3.10. The largest absolute Gasteiger partial charge is 0.481 e. The lowest BCUT2D eigenvalue weighted by Crippen LogP contribution is -2.33. The highest BCUT2D eigenvalue weighted by Gasteiger charge is 2.25. The van der Waals surface area contributed by atoms with Gasteiger partial charge in [0.25, 0.3) is 0 Å². The molecule has 1 amide bonds. The molecule has 1 aliphatic rings. The molecular formula is C14H15NO4. The molecule has 0 heterocycles. The van der Waals surface area contributed by atoms with Crippen LogP contribution < -0.4 is 5.32 Å². The number of carbonyl (C=O) groups excluding carboxylic acids is 1. The Bertz CT molecular complexity index is 483. The van der Waals surface area contributed by atoms with Crippen molar-refractivity contribution in [2.45, 2.75) is 19.1 Å². The first kappa shape index (κ1) is 13.1. The van der Waals surface area contributed by atoms with Gasteiger partial charge in [0.15, 0.2) is 0 Å². The predicted molar refractivity (Wildman–Crippen MR) is 68.4 cm³/mol. The van der Waals surface area contributed by atoms with Gasteiger partial charge >= 0.3 is 12.1 Å². The number of aliphatic carboxylic acids is 1. The molecule has 0 saturated carbocycles. The van der Waals surface area contributed by atoms with Crippen LogP contribution in [-0.4, -0.2) is 23.2 Å². The number of rotatable bonds is 4. The van der Waals surface area contributed by atoms with Crippen molar-refractivity contribution in [3.05, 3.63) is 48.0 Å². The van der Waals surface area contributed by atoms with E-state index in [4.69, 9.17) is 9.84 Å². The second-order valence-electron chi connectivity index (χ2n) is 4.38. The lowest BCUT2D eigenvalue weighted by atomic mass is 10.1. The molecule has 0 fully saturated rings. The third-order valence-electron chi connectivity index (χ3n) is 2.92. The summed E-state index contributed by atoms with van der Waals surface area (Å²) in [6, 6.07) is 9.08. The summed E-state index contributed by atoms with van der Waals surface area (Å²) < 4.78 is 5.05. The number of hydrogen-bond acceptors (Lipinski definition) is 3. The van der Waals surface area contributed by atoms with Gasteiger partial charge in [-0.2, -0.15) is 0 Å². The molecule has 0 radical (unpaired) electrons. The Kier molecular flexibility index (Phi) is 4.18. The Balaban J connectivity index is 1.74. The fourth-order valence-electron chi connectivity index (χ4n) is 1.91. The van der Waals surface area contributed by atoms with Crippen LogP contribution in [0, 0.1) is 5.92 Å². The van der Waals surface area contributed by atoms with Crippen molar-refractivity contribution >= 4 is 12.1 Å². The second-order valence-corrected chi connectivity index (χ2v) is 4.38. The number of carbonyl (C=O) groups is 2. The van der Waals surface area contributed by atoms with Gasteiger partial charge in [-0.25, -0.2) is 4.79 Å². The number of nitrogens with one attached hydrogen (secondary N) is 1. The maximum atomic E-state index is 11.5. The summed E-state index contributed by atoms with van der Waals surface area (Å²) in [6.45, 7) is 0.200. The molecule has 0 saturated heterocycles. The average Bonchev–Trinajstić information content (AvgIpc) is 2.86. The summed E-state index contributed by atoms with van der Waals surface area (Å²) in [7, 11) is 0. The normalized spacial score (nSPS) is 21.1. The Labute approximate surface area is 110 Å². The van der Waals surface area contributed by atoms with Gasteiger partial charge in [0.05, 0.1) is 12.0 Å². The fraction of sp³-hybridized carbons (Fsp3) is 0.286. The first-order chi connectivity index (χ1) is 9.15. The molecule has 1 aliphatic carbocycles. The number of alkyl carbamates (subject to hydrolysis) is 1. The molecule has 0 unspecified atom stereocenters. The predicted octanol–water partition coefficient (Wildman–Crippen LogP) is 1.94. The number of carboxylic acids is 1. The Morgan fingerprint density at radius 3 is 2.63 bits per heavy atom. The molecule has 0 aliphatic heterocycles. The highest BCUT2D eigenvalue weighted by molar-refractivity contribution is 5.74. The van der Waals surface area contributed by atoms with Crippen LogP contribution >= 0.6 is 0 Å². The summed E-state index contributed by atoms with van der Waals surface area (Å²) in [5, 5.41) is 11.4. The third kappa shape index (κ3) is 3.84. The molecule has 100 valence electrons. The molecule has 2 atom stereocenters. The van der Waals surface area contributed by atoms with Gasteiger partial charge in [0.1, 0.15) is 6.61 Å². The molecule has 1 aromatic rings. The second kappa shape index (κ2) is 6.04. The summed E-state index contributed by atoms with van der Waals surface area (Å²) in [5.74, 6) is -1.40. The number of carboxylic acid groups (broad SMARTS) is 1. The van der Waals surface area contributed by atoms with E-state index in [1.54, 1.807) is 12.2 Å². The highest BCUT2D eigenvalue weighted by Crippen LogP contribution is 2.18. The van der Waals surface area contributed by atoms with Crippen molar-refractivity contribution in [3.8, 4) is 0 Å². The summed E-state index contributed by atoms with van der Waals surface area (Å²) in [5.41, 5.74) is 0.906. The Morgan fingerprint density at radius 2 is 2.00 bits per heavy atom. The zero-order chi connectivity index (χ0) is 13.7. The summed E-state index contributed by atoms with van der Waals surface area (Å²) in [4.78, 5) is 22.3. The van der Waals surface area contributed by atoms with Gasteiger partial charge in [-0.05, 0) is 12.0 Å². The van der Waals surface area contributed by atoms with Crippen LogP contribution in [-0.2, 0) is 16.1 Å². The van der Waals surface area contributed by atoms with Crippen molar-refractivity contribution in [3.63, 3.8) is 0 Å². The van der Waals surface area contributed by atoms with Crippen molar-refractivity contribution in [1.29, 1.82) is 0 Å². The standard InChI is InChI=1S/C14H15NO4/c16-13(17)11-6-7-12(8-11)15-14(18)19-9-10-4-2-1-3-5-10/h1-7,11-12H,8-9H2,(H,15,18)(H,16,17)/t11-,12-/m1/s1. The van der Waals surface area contributed by atoms with Crippen LogP contribution in [0.5, 0.6) is 0 Å². The zero-order valence-corrected chi connectivity index (χ0v) is 10.3. The molecule has 0 aromatic heterocycles. The smallest absolute Gasteiger partial charge is 0.407 e. The topological polar surface area (TPSA) is 75.6 Å².